The average molecular weight is 527 g/mol. The number of likely N-dealkylation sites (N-methyl/N-ethyl adjacent to an activating group) is 1. The van der Waals surface area contributed by atoms with Gasteiger partial charge in [0.05, 0.1) is 11.3 Å². The highest BCUT2D eigenvalue weighted by Crippen LogP contribution is 2.35. The number of fused-ring (bicyclic) bond motifs is 1. The number of nitrogens with zero attached hydrogens (tertiary/aromatic N) is 6. The van der Waals surface area contributed by atoms with Gasteiger partial charge in [-0.1, -0.05) is 6.07 Å². The van der Waals surface area contributed by atoms with Gasteiger partial charge in [0.15, 0.2) is 5.82 Å². The average Bonchev–Trinajstić information content (AvgIpc) is 3.42. The quantitative estimate of drug-likeness (QED) is 0.403. The van der Waals surface area contributed by atoms with Crippen LogP contribution in [0.3, 0.4) is 0 Å². The van der Waals surface area contributed by atoms with Gasteiger partial charge in [-0.25, -0.2) is 9.78 Å². The molecule has 1 aliphatic rings. The van der Waals surface area contributed by atoms with Gasteiger partial charge in [0.2, 0.25) is 0 Å². The van der Waals surface area contributed by atoms with E-state index in [0.29, 0.717) is 13.1 Å². The Morgan fingerprint density at radius 2 is 1.76 bits per heavy atom. The van der Waals surface area contributed by atoms with Crippen LogP contribution < -0.4 is 10.6 Å². The Labute approximate surface area is 217 Å². The second kappa shape index (κ2) is 10.1. The van der Waals surface area contributed by atoms with Crippen LogP contribution in [0.4, 0.5) is 29.5 Å². The van der Waals surface area contributed by atoms with E-state index in [1.807, 2.05) is 41.9 Å². The Bertz CT molecular complexity index is 1470. The van der Waals surface area contributed by atoms with Crippen molar-refractivity contribution in [1.82, 2.24) is 29.1 Å². The van der Waals surface area contributed by atoms with Crippen LogP contribution in [0.1, 0.15) is 11.1 Å². The van der Waals surface area contributed by atoms with Gasteiger partial charge >= 0.3 is 12.2 Å². The largest absolute Gasteiger partial charge is 0.416 e. The number of carbonyl (C=O) groups is 1. The molecule has 0 atom stereocenters. The Kier molecular flexibility index (Phi) is 6.84. The summed E-state index contributed by atoms with van der Waals surface area (Å²) in [6.45, 7) is 3.24. The first-order valence-corrected chi connectivity index (χ1v) is 12.2. The topological polar surface area (TPSA) is 83.3 Å². The maximum absolute atomic E-state index is 13.9. The number of benzene rings is 1. The first kappa shape index (κ1) is 25.7. The monoisotopic (exact) mass is 526 g/mol. The zero-order valence-electron chi connectivity index (χ0n) is 21.4. The number of carbonyl (C=O) groups excluding carboxylic acids is 1. The number of piperazine rings is 1. The molecule has 2 amide bonds. The molecule has 1 aliphatic heterocycles. The molecule has 1 saturated heterocycles. The van der Waals surface area contributed by atoms with Crippen LogP contribution >= 0.6 is 0 Å². The van der Waals surface area contributed by atoms with Gasteiger partial charge in [-0.2, -0.15) is 18.3 Å². The van der Waals surface area contributed by atoms with Crippen molar-refractivity contribution in [2.45, 2.75) is 12.7 Å². The van der Waals surface area contributed by atoms with Gasteiger partial charge in [0.25, 0.3) is 0 Å². The summed E-state index contributed by atoms with van der Waals surface area (Å²) in [6.07, 6.45) is -0.925. The van der Waals surface area contributed by atoms with Crippen LogP contribution in [0.15, 0.2) is 48.8 Å². The fourth-order valence-electron chi connectivity index (χ4n) is 4.75. The summed E-state index contributed by atoms with van der Waals surface area (Å²) >= 11 is 0. The molecule has 0 aliphatic carbocycles. The molecule has 1 aromatic carbocycles. The summed E-state index contributed by atoms with van der Waals surface area (Å²) in [6, 6.07) is 8.76. The molecule has 4 heterocycles. The van der Waals surface area contributed by atoms with Crippen molar-refractivity contribution in [2.24, 2.45) is 14.1 Å². The highest BCUT2D eigenvalue weighted by Gasteiger charge is 2.34. The molecule has 0 radical (unpaired) electrons. The number of hydrogen-bond donors (Lipinski definition) is 2. The highest BCUT2D eigenvalue weighted by molar-refractivity contribution is 6.00. The van der Waals surface area contributed by atoms with E-state index in [0.717, 1.165) is 41.4 Å². The Morgan fingerprint density at radius 1 is 1.00 bits per heavy atom. The zero-order chi connectivity index (χ0) is 27.0. The van der Waals surface area contributed by atoms with Gasteiger partial charge in [-0.3, -0.25) is 14.9 Å². The Morgan fingerprint density at radius 3 is 2.50 bits per heavy atom. The molecule has 1 fully saturated rings. The molecule has 200 valence electrons. The number of amides is 2. The number of aromatic nitrogens is 4. The Hall–Kier alpha value is -3.90. The van der Waals surface area contributed by atoms with E-state index >= 15 is 0 Å². The fraction of sp³-hybridized carbons (Fsp3) is 0.346. The minimum atomic E-state index is -4.54. The van der Waals surface area contributed by atoms with Gasteiger partial charge in [0.1, 0.15) is 5.65 Å². The molecule has 0 bridgehead atoms. The third-order valence-corrected chi connectivity index (χ3v) is 6.83. The fourth-order valence-corrected chi connectivity index (χ4v) is 4.75. The van der Waals surface area contributed by atoms with Crippen molar-refractivity contribution in [3.8, 4) is 11.3 Å². The van der Waals surface area contributed by atoms with E-state index < -0.39 is 17.8 Å². The molecular weight excluding hydrogens is 497 g/mol. The van der Waals surface area contributed by atoms with Crippen molar-refractivity contribution in [2.75, 3.05) is 43.9 Å². The van der Waals surface area contributed by atoms with E-state index in [1.54, 1.807) is 24.0 Å². The summed E-state index contributed by atoms with van der Waals surface area (Å²) in [7, 11) is 5.65. The number of alkyl halides is 3. The van der Waals surface area contributed by atoms with Crippen molar-refractivity contribution in [3.63, 3.8) is 0 Å². The maximum Gasteiger partial charge on any atom is 0.416 e. The first-order chi connectivity index (χ1) is 18.1. The molecule has 12 heteroatoms. The molecule has 4 aromatic rings. The molecule has 0 unspecified atom stereocenters. The standard InChI is InChI=1S/C26H29F3N8O/c1-34-10-12-37(13-11-34)16-17-4-5-18(14-21(17)26(27,28)29)31-25(38)32-23-15-22(36(3)33-23)19-6-8-30-24-20(19)7-9-35(24)2/h4-9,14-15H,10-13,16H2,1-3H3,(H2,31,32,33,38). The lowest BCUT2D eigenvalue weighted by molar-refractivity contribution is -0.138. The lowest BCUT2D eigenvalue weighted by atomic mass is 10.0. The molecule has 5 rings (SSSR count). The summed E-state index contributed by atoms with van der Waals surface area (Å²) < 4.78 is 45.2. The zero-order valence-corrected chi connectivity index (χ0v) is 21.4. The molecule has 38 heavy (non-hydrogen) atoms. The minimum absolute atomic E-state index is 0.0493. The van der Waals surface area contributed by atoms with Crippen molar-refractivity contribution in [3.05, 3.63) is 59.9 Å². The molecule has 9 nitrogen and oxygen atoms in total. The summed E-state index contributed by atoms with van der Waals surface area (Å²) in [5.74, 6) is 0.267. The predicted molar refractivity (Wildman–Crippen MR) is 140 cm³/mol. The van der Waals surface area contributed by atoms with Crippen molar-refractivity contribution < 1.29 is 18.0 Å². The number of nitrogens with one attached hydrogen (secondary N) is 2. The number of halogens is 3. The lowest BCUT2D eigenvalue weighted by Crippen LogP contribution is -2.44. The molecule has 3 aromatic heterocycles. The van der Waals surface area contributed by atoms with Gasteiger partial charge in [-0.05, 0) is 36.9 Å². The molecule has 0 spiro atoms. The predicted octanol–water partition coefficient (Wildman–Crippen LogP) is 4.38. The van der Waals surface area contributed by atoms with E-state index in [1.165, 1.54) is 12.1 Å². The van der Waals surface area contributed by atoms with Gasteiger partial charge in [-0.15, -0.1) is 0 Å². The number of aryl methyl sites for hydroxylation is 2. The number of hydrogen-bond acceptors (Lipinski definition) is 5. The second-order valence-electron chi connectivity index (χ2n) is 9.59. The second-order valence-corrected chi connectivity index (χ2v) is 9.59. The van der Waals surface area contributed by atoms with E-state index in [2.05, 4.69) is 25.6 Å². The van der Waals surface area contributed by atoms with Crippen LogP contribution in [-0.4, -0.2) is 68.4 Å². The number of pyridine rings is 1. The number of urea groups is 1. The summed E-state index contributed by atoms with van der Waals surface area (Å²) in [4.78, 5) is 21.2. The van der Waals surface area contributed by atoms with E-state index in [9.17, 15) is 18.0 Å². The first-order valence-electron chi connectivity index (χ1n) is 12.2. The van der Waals surface area contributed by atoms with Crippen molar-refractivity contribution >= 4 is 28.6 Å². The van der Waals surface area contributed by atoms with Crippen molar-refractivity contribution in [1.29, 1.82) is 0 Å². The highest BCUT2D eigenvalue weighted by atomic mass is 19.4. The van der Waals surface area contributed by atoms with Crippen LogP contribution in [0.25, 0.3) is 22.3 Å². The van der Waals surface area contributed by atoms with Crippen LogP contribution in [0.2, 0.25) is 0 Å². The molecule has 0 saturated carbocycles. The maximum atomic E-state index is 13.9. The van der Waals surface area contributed by atoms with E-state index in [-0.39, 0.29) is 23.6 Å². The summed E-state index contributed by atoms with van der Waals surface area (Å²) in [5, 5.41) is 10.4. The van der Waals surface area contributed by atoms with Gasteiger partial charge in [0, 0.05) is 81.9 Å². The van der Waals surface area contributed by atoms with Crippen LogP contribution in [0.5, 0.6) is 0 Å². The molecule has 2 N–H and O–H groups in total. The summed E-state index contributed by atoms with van der Waals surface area (Å²) in [5.41, 5.74) is 1.95. The smallest absolute Gasteiger partial charge is 0.336 e. The third kappa shape index (κ3) is 5.36. The minimum Gasteiger partial charge on any atom is -0.336 e. The van der Waals surface area contributed by atoms with E-state index in [4.69, 9.17) is 0 Å². The number of anilines is 2. The van der Waals surface area contributed by atoms with Gasteiger partial charge < -0.3 is 14.8 Å². The van der Waals surface area contributed by atoms with Crippen LogP contribution in [0, 0.1) is 0 Å². The number of rotatable bonds is 5. The SMILES string of the molecule is CN1CCN(Cc2ccc(NC(=O)Nc3cc(-c4ccnc5c4ccn5C)n(C)n3)cc2C(F)(F)F)CC1. The Balaban J connectivity index is 1.31. The normalized spacial score (nSPS) is 15.2. The lowest BCUT2D eigenvalue weighted by Gasteiger charge is -2.33. The third-order valence-electron chi connectivity index (χ3n) is 6.83. The van der Waals surface area contributed by atoms with Crippen LogP contribution in [-0.2, 0) is 26.8 Å². The molecular formula is C26H29F3N8O.